The highest BCUT2D eigenvalue weighted by atomic mass is 16.5. The predicted molar refractivity (Wildman–Crippen MR) is 149 cm³/mol. The van der Waals surface area contributed by atoms with E-state index in [1.165, 1.54) is 0 Å². The Kier molecular flexibility index (Phi) is 8.17. The van der Waals surface area contributed by atoms with Crippen LogP contribution in [0, 0.1) is 6.92 Å². The summed E-state index contributed by atoms with van der Waals surface area (Å²) in [6, 6.07) is 21.5. The number of anilines is 1. The quantitative estimate of drug-likeness (QED) is 0.332. The fourth-order valence-corrected chi connectivity index (χ4v) is 4.94. The number of aryl methyl sites for hydroxylation is 1. The summed E-state index contributed by atoms with van der Waals surface area (Å²) >= 11 is 0. The van der Waals surface area contributed by atoms with E-state index in [9.17, 15) is 9.59 Å². The summed E-state index contributed by atoms with van der Waals surface area (Å²) < 4.78 is 12.9. The van der Waals surface area contributed by atoms with Gasteiger partial charge in [0.25, 0.3) is 0 Å². The van der Waals surface area contributed by atoms with Gasteiger partial charge in [0, 0.05) is 18.8 Å². The van der Waals surface area contributed by atoms with Crippen molar-refractivity contribution >= 4 is 28.5 Å². The average molecular weight is 528 g/mol. The molecule has 0 spiro atoms. The highest BCUT2D eigenvalue weighted by Crippen LogP contribution is 2.32. The van der Waals surface area contributed by atoms with E-state index in [4.69, 9.17) is 9.47 Å². The number of benzene rings is 3. The van der Waals surface area contributed by atoms with Gasteiger partial charge in [0.1, 0.15) is 23.9 Å². The summed E-state index contributed by atoms with van der Waals surface area (Å²) in [7, 11) is 0. The number of nitrogens with one attached hydrogen (secondary N) is 1. The zero-order valence-corrected chi connectivity index (χ0v) is 22.2. The molecule has 3 aromatic carbocycles. The first-order valence-electron chi connectivity index (χ1n) is 13.3. The Morgan fingerprint density at radius 3 is 2.62 bits per heavy atom. The van der Waals surface area contributed by atoms with Crippen LogP contribution in [0.2, 0.25) is 0 Å². The van der Waals surface area contributed by atoms with Gasteiger partial charge in [-0.3, -0.25) is 14.5 Å². The molecule has 2 atom stereocenters. The van der Waals surface area contributed by atoms with Crippen molar-refractivity contribution in [2.45, 2.75) is 45.4 Å². The minimum Gasteiger partial charge on any atom is -0.494 e. The number of para-hydroxylation sites is 2. The molecule has 39 heavy (non-hydrogen) atoms. The maximum atomic E-state index is 14.2. The molecule has 0 saturated carbocycles. The molecule has 202 valence electrons. The topological polar surface area (TPSA) is 98.6 Å². The number of hydrogen-bond donors (Lipinski definition) is 1. The van der Waals surface area contributed by atoms with E-state index < -0.39 is 6.04 Å². The van der Waals surface area contributed by atoms with Crippen molar-refractivity contribution in [1.29, 1.82) is 0 Å². The van der Waals surface area contributed by atoms with Gasteiger partial charge in [0.05, 0.1) is 18.2 Å². The van der Waals surface area contributed by atoms with E-state index in [0.29, 0.717) is 42.3 Å². The van der Waals surface area contributed by atoms with Crippen LogP contribution >= 0.6 is 0 Å². The second-order valence-electron chi connectivity index (χ2n) is 9.57. The number of amides is 2. The molecular weight excluding hydrogens is 494 g/mol. The van der Waals surface area contributed by atoms with Gasteiger partial charge in [-0.1, -0.05) is 47.7 Å². The summed E-state index contributed by atoms with van der Waals surface area (Å²) in [6.07, 6.45) is 1.84. The fourth-order valence-electron chi connectivity index (χ4n) is 4.94. The SMILES string of the molecule is CCOc1ccc(C(C(=O)NCC2CCCO2)N(C(=O)Cn2nnc3ccccc32)c2ccccc2C)cc1. The number of carbonyl (C=O) groups excluding carboxylic acids is 2. The molecule has 0 aliphatic carbocycles. The Hall–Kier alpha value is -4.24. The van der Waals surface area contributed by atoms with E-state index in [1.807, 2.05) is 86.6 Å². The number of rotatable bonds is 10. The van der Waals surface area contributed by atoms with Gasteiger partial charge >= 0.3 is 0 Å². The Labute approximate surface area is 227 Å². The Bertz CT molecular complexity index is 1430. The zero-order chi connectivity index (χ0) is 27.2. The number of aromatic nitrogens is 3. The van der Waals surface area contributed by atoms with Gasteiger partial charge < -0.3 is 14.8 Å². The van der Waals surface area contributed by atoms with Gasteiger partial charge in [-0.2, -0.15) is 0 Å². The third-order valence-corrected chi connectivity index (χ3v) is 6.89. The molecule has 1 aliphatic heterocycles. The first-order valence-corrected chi connectivity index (χ1v) is 13.3. The standard InChI is InChI=1S/C30H33N5O4/c1-3-38-23-16-14-22(15-17-23)29(30(37)31-19-24-10-8-18-39-24)35(26-12-6-4-9-21(26)2)28(36)20-34-27-13-7-5-11-25(27)32-33-34/h4-7,9,11-17,24,29H,3,8,10,18-20H2,1-2H3,(H,31,37). The number of carbonyl (C=O) groups is 2. The van der Waals surface area contributed by atoms with Crippen LogP contribution in [-0.2, 0) is 20.9 Å². The van der Waals surface area contributed by atoms with Crippen molar-refractivity contribution in [3.63, 3.8) is 0 Å². The van der Waals surface area contributed by atoms with Crippen LogP contribution in [0.1, 0.15) is 36.9 Å². The van der Waals surface area contributed by atoms with Crippen molar-refractivity contribution in [3.8, 4) is 5.75 Å². The molecule has 2 heterocycles. The van der Waals surface area contributed by atoms with E-state index in [2.05, 4.69) is 15.6 Å². The monoisotopic (exact) mass is 527 g/mol. The molecule has 0 radical (unpaired) electrons. The minimum atomic E-state index is -0.925. The molecule has 1 fully saturated rings. The van der Waals surface area contributed by atoms with Crippen LogP contribution in [0.25, 0.3) is 11.0 Å². The fraction of sp³-hybridized carbons (Fsp3) is 0.333. The first kappa shape index (κ1) is 26.4. The lowest BCUT2D eigenvalue weighted by Gasteiger charge is -2.33. The largest absolute Gasteiger partial charge is 0.494 e. The number of nitrogens with zero attached hydrogens (tertiary/aromatic N) is 4. The van der Waals surface area contributed by atoms with Gasteiger partial charge in [-0.05, 0) is 68.1 Å². The van der Waals surface area contributed by atoms with Crippen molar-refractivity contribution in [2.24, 2.45) is 0 Å². The lowest BCUT2D eigenvalue weighted by Crippen LogP contribution is -2.47. The Morgan fingerprint density at radius 1 is 1.10 bits per heavy atom. The third kappa shape index (κ3) is 5.93. The maximum Gasteiger partial charge on any atom is 0.249 e. The molecule has 1 saturated heterocycles. The molecule has 1 N–H and O–H groups in total. The van der Waals surface area contributed by atoms with Crippen LogP contribution < -0.4 is 15.0 Å². The molecule has 2 unspecified atom stereocenters. The lowest BCUT2D eigenvalue weighted by molar-refractivity contribution is -0.127. The zero-order valence-electron chi connectivity index (χ0n) is 22.2. The van der Waals surface area contributed by atoms with Crippen LogP contribution in [0.5, 0.6) is 5.75 Å². The highest BCUT2D eigenvalue weighted by molar-refractivity contribution is 6.02. The Balaban J connectivity index is 1.54. The predicted octanol–water partition coefficient (Wildman–Crippen LogP) is 4.21. The summed E-state index contributed by atoms with van der Waals surface area (Å²) in [5.74, 6) is 0.128. The van der Waals surface area contributed by atoms with Crippen LogP contribution in [0.3, 0.4) is 0 Å². The molecule has 5 rings (SSSR count). The summed E-state index contributed by atoms with van der Waals surface area (Å²) in [5, 5.41) is 11.5. The normalized spacial score (nSPS) is 15.7. The average Bonchev–Trinajstić information content (AvgIpc) is 3.62. The highest BCUT2D eigenvalue weighted by Gasteiger charge is 2.34. The number of hydrogen-bond acceptors (Lipinski definition) is 6. The minimum absolute atomic E-state index is 0.0287. The second kappa shape index (κ2) is 12.1. The summed E-state index contributed by atoms with van der Waals surface area (Å²) in [6.45, 7) is 5.38. The molecule has 2 amide bonds. The van der Waals surface area contributed by atoms with Crippen molar-refractivity contribution in [1.82, 2.24) is 20.3 Å². The smallest absolute Gasteiger partial charge is 0.249 e. The Morgan fingerprint density at radius 2 is 1.87 bits per heavy atom. The van der Waals surface area contributed by atoms with Gasteiger partial charge in [-0.25, -0.2) is 4.68 Å². The molecule has 0 bridgehead atoms. The second-order valence-corrected chi connectivity index (χ2v) is 9.57. The first-order chi connectivity index (χ1) is 19.0. The van der Waals surface area contributed by atoms with Crippen LogP contribution in [-0.4, -0.2) is 52.7 Å². The van der Waals surface area contributed by atoms with Gasteiger partial charge in [0.15, 0.2) is 0 Å². The van der Waals surface area contributed by atoms with Crippen molar-refractivity contribution in [2.75, 3.05) is 24.7 Å². The molecule has 9 heteroatoms. The van der Waals surface area contributed by atoms with E-state index >= 15 is 0 Å². The molecule has 1 aromatic heterocycles. The van der Waals surface area contributed by atoms with E-state index in [0.717, 1.165) is 23.9 Å². The van der Waals surface area contributed by atoms with Gasteiger partial charge in [0.2, 0.25) is 11.8 Å². The molecule has 4 aromatic rings. The van der Waals surface area contributed by atoms with E-state index in [-0.39, 0.29) is 24.5 Å². The number of fused-ring (bicyclic) bond motifs is 1. The summed E-state index contributed by atoms with van der Waals surface area (Å²) in [5.41, 5.74) is 3.64. The van der Waals surface area contributed by atoms with Crippen LogP contribution in [0.4, 0.5) is 5.69 Å². The van der Waals surface area contributed by atoms with Crippen molar-refractivity contribution in [3.05, 3.63) is 83.9 Å². The van der Waals surface area contributed by atoms with Gasteiger partial charge in [-0.15, -0.1) is 5.10 Å². The molecular formula is C30H33N5O4. The van der Waals surface area contributed by atoms with E-state index in [1.54, 1.807) is 9.58 Å². The summed E-state index contributed by atoms with van der Waals surface area (Å²) in [4.78, 5) is 29.7. The molecule has 9 nitrogen and oxygen atoms in total. The van der Waals surface area contributed by atoms with Crippen molar-refractivity contribution < 1.29 is 19.1 Å². The molecule has 1 aliphatic rings. The lowest BCUT2D eigenvalue weighted by atomic mass is 10.0. The maximum absolute atomic E-state index is 14.2. The number of ether oxygens (including phenoxy) is 2. The van der Waals surface area contributed by atoms with Crippen LogP contribution in [0.15, 0.2) is 72.8 Å². The third-order valence-electron chi connectivity index (χ3n) is 6.89.